The minimum absolute atomic E-state index is 0. The Labute approximate surface area is 94.9 Å². The molecule has 1 heterocycles. The molecule has 0 saturated carbocycles. The van der Waals surface area contributed by atoms with E-state index in [1.54, 1.807) is 12.1 Å². The smallest absolute Gasteiger partial charge is 0.254 e. The summed E-state index contributed by atoms with van der Waals surface area (Å²) in [5.41, 5.74) is 0.259. The number of carbonyl (C=O) groups excluding carboxylic acids is 2. The second-order valence-electron chi connectivity index (χ2n) is 2.36. The van der Waals surface area contributed by atoms with Crippen molar-refractivity contribution in [1.82, 2.24) is 0 Å². The predicted molar refractivity (Wildman–Crippen MR) is 44.1 cm³/mol. The summed E-state index contributed by atoms with van der Waals surface area (Å²) in [6.45, 7) is 0. The topological polar surface area (TPSA) is 61.8 Å². The maximum Gasteiger partial charge on any atom is 0.378 e. The highest BCUT2D eigenvalue weighted by atomic mass is 24.3. The maximum absolute atomic E-state index is 11.1. The Bertz CT molecular complexity index is 341. The first kappa shape index (κ1) is 11.0. The van der Waals surface area contributed by atoms with Gasteiger partial charge in [0.2, 0.25) is 0 Å². The minimum atomic E-state index is -0.749. The molecular formula is C8H4MgO5. The normalized spacial score (nSPS) is 14.3. The fourth-order valence-corrected chi connectivity index (χ4v) is 1.01. The molecule has 0 N–H and O–H groups in total. The van der Waals surface area contributed by atoms with Crippen LogP contribution in [0.3, 0.4) is 0 Å². The highest BCUT2D eigenvalue weighted by Gasteiger charge is 2.24. The zero-order chi connectivity index (χ0) is 9.26. The first-order valence-corrected chi connectivity index (χ1v) is 3.48. The number of fused-ring (bicyclic) bond motifs is 1. The fourth-order valence-electron chi connectivity index (χ4n) is 1.01. The van der Waals surface area contributed by atoms with Gasteiger partial charge in [0, 0.05) is 28.1 Å². The maximum atomic E-state index is 11.1. The van der Waals surface area contributed by atoms with Gasteiger partial charge in [0.25, 0.3) is 0 Å². The summed E-state index contributed by atoms with van der Waals surface area (Å²) in [6.07, 6.45) is 0. The molecule has 1 aliphatic heterocycles. The van der Waals surface area contributed by atoms with Gasteiger partial charge in [-0.05, 0) is 12.1 Å². The van der Waals surface area contributed by atoms with Crippen LogP contribution in [0.25, 0.3) is 0 Å². The molecule has 0 aromatic heterocycles. The van der Waals surface area contributed by atoms with E-state index in [0.29, 0.717) is 0 Å². The Morgan fingerprint density at radius 3 is 1.71 bits per heavy atom. The quantitative estimate of drug-likeness (QED) is 0.454. The van der Waals surface area contributed by atoms with Crippen LogP contribution in [0, 0.1) is 0 Å². The summed E-state index contributed by atoms with van der Waals surface area (Å²) in [7, 11) is 0. The average molecular weight is 204 g/mol. The van der Waals surface area contributed by atoms with Crippen molar-refractivity contribution in [3.63, 3.8) is 0 Å². The van der Waals surface area contributed by atoms with Gasteiger partial charge in [-0.2, -0.15) is 0 Å². The Hall–Kier alpha value is -1.11. The molecule has 1 aromatic carbocycles. The van der Waals surface area contributed by atoms with Crippen molar-refractivity contribution in [2.45, 2.75) is 0 Å². The van der Waals surface area contributed by atoms with Crippen LogP contribution >= 0.6 is 0 Å². The van der Waals surface area contributed by atoms with Crippen molar-refractivity contribution < 1.29 is 24.4 Å². The molecule has 68 valence electrons. The van der Waals surface area contributed by atoms with Gasteiger partial charge in [-0.25, -0.2) is 9.59 Å². The number of carbonyl (C=O) groups is 2. The Morgan fingerprint density at radius 2 is 1.29 bits per heavy atom. The van der Waals surface area contributed by atoms with Crippen LogP contribution in [0.5, 0.6) is 0 Å². The molecule has 0 unspecified atom stereocenters. The molecule has 1 aromatic rings. The van der Waals surface area contributed by atoms with E-state index in [1.807, 2.05) is 0 Å². The Kier molecular flexibility index (Phi) is 3.45. The van der Waals surface area contributed by atoms with Crippen molar-refractivity contribution in [3.05, 3.63) is 35.4 Å². The van der Waals surface area contributed by atoms with Crippen LogP contribution in [0.15, 0.2) is 24.3 Å². The monoisotopic (exact) mass is 204 g/mol. The zero-order valence-electron chi connectivity index (χ0n) is 7.06. The molecule has 0 atom stereocenters. The van der Waals surface area contributed by atoms with E-state index in [9.17, 15) is 9.59 Å². The lowest BCUT2D eigenvalue weighted by molar-refractivity contribution is -0.444. The second kappa shape index (κ2) is 4.40. The molecule has 1 aliphatic rings. The second-order valence-corrected chi connectivity index (χ2v) is 2.36. The SMILES string of the molecule is O=C1OOOC(=O)c2ccccc21.[Mg]. The molecule has 0 amide bonds. The molecule has 6 heteroatoms. The minimum Gasteiger partial charge on any atom is -0.254 e. The molecule has 0 saturated heterocycles. The number of rotatable bonds is 0. The van der Waals surface area contributed by atoms with E-state index >= 15 is 0 Å². The van der Waals surface area contributed by atoms with Gasteiger partial charge in [-0.3, -0.25) is 9.78 Å². The van der Waals surface area contributed by atoms with Crippen molar-refractivity contribution in [3.8, 4) is 0 Å². The summed E-state index contributed by atoms with van der Waals surface area (Å²) in [4.78, 5) is 30.4. The third-order valence-corrected chi connectivity index (χ3v) is 1.59. The molecule has 0 fully saturated rings. The number of hydrogen-bond donors (Lipinski definition) is 0. The first-order valence-electron chi connectivity index (χ1n) is 3.48. The van der Waals surface area contributed by atoms with Crippen LogP contribution in [-0.4, -0.2) is 35.0 Å². The van der Waals surface area contributed by atoms with E-state index in [-0.39, 0.29) is 34.2 Å². The lowest BCUT2D eigenvalue weighted by Gasteiger charge is -1.95. The summed E-state index contributed by atoms with van der Waals surface area (Å²) in [5.74, 6) is -1.50. The highest BCUT2D eigenvalue weighted by molar-refractivity contribution is 6.03. The van der Waals surface area contributed by atoms with Gasteiger partial charge in [0.15, 0.2) is 0 Å². The number of hydrogen-bond acceptors (Lipinski definition) is 5. The van der Waals surface area contributed by atoms with Gasteiger partial charge in [-0.1, -0.05) is 12.1 Å². The van der Waals surface area contributed by atoms with E-state index in [0.717, 1.165) is 0 Å². The standard InChI is InChI=1S/C8H4O5.Mg/c9-7-5-3-1-2-4-6(5)8(10)12-13-11-7;/h1-4H;. The molecule has 2 rings (SSSR count). The summed E-state index contributed by atoms with van der Waals surface area (Å²) < 4.78 is 0. The number of benzene rings is 1. The molecule has 14 heavy (non-hydrogen) atoms. The van der Waals surface area contributed by atoms with Gasteiger partial charge in [-0.15, -0.1) is 0 Å². The van der Waals surface area contributed by atoms with Gasteiger partial charge < -0.3 is 0 Å². The average Bonchev–Trinajstić information content (AvgIpc) is 2.29. The molecule has 2 radical (unpaired) electrons. The van der Waals surface area contributed by atoms with Crippen LogP contribution in [0.4, 0.5) is 0 Å². The van der Waals surface area contributed by atoms with Crippen molar-refractivity contribution in [1.29, 1.82) is 0 Å². The Balaban J connectivity index is 0.000000980. The van der Waals surface area contributed by atoms with Crippen molar-refractivity contribution in [2.24, 2.45) is 0 Å². The van der Waals surface area contributed by atoms with Gasteiger partial charge >= 0.3 is 11.9 Å². The van der Waals surface area contributed by atoms with Crippen molar-refractivity contribution >= 4 is 35.0 Å². The van der Waals surface area contributed by atoms with E-state index in [2.05, 4.69) is 14.8 Å². The molecule has 0 spiro atoms. The third-order valence-electron chi connectivity index (χ3n) is 1.59. The first-order chi connectivity index (χ1) is 6.29. The van der Waals surface area contributed by atoms with Crippen molar-refractivity contribution in [2.75, 3.05) is 0 Å². The summed E-state index contributed by atoms with van der Waals surface area (Å²) >= 11 is 0. The summed E-state index contributed by atoms with van der Waals surface area (Å²) in [6, 6.07) is 6.12. The Morgan fingerprint density at radius 1 is 0.857 bits per heavy atom. The summed E-state index contributed by atoms with van der Waals surface area (Å²) in [5, 5.41) is 3.90. The van der Waals surface area contributed by atoms with E-state index < -0.39 is 11.9 Å². The molecular weight excluding hydrogens is 200 g/mol. The predicted octanol–water partition coefficient (Wildman–Crippen LogP) is 0.480. The molecule has 0 aliphatic carbocycles. The zero-order valence-corrected chi connectivity index (χ0v) is 8.47. The lowest BCUT2D eigenvalue weighted by atomic mass is 10.1. The fraction of sp³-hybridized carbons (Fsp3) is 0. The van der Waals surface area contributed by atoms with Crippen LogP contribution in [0.1, 0.15) is 20.7 Å². The lowest BCUT2D eigenvalue weighted by Crippen LogP contribution is -2.04. The van der Waals surface area contributed by atoms with E-state index in [1.165, 1.54) is 12.1 Å². The molecule has 0 bridgehead atoms. The van der Waals surface area contributed by atoms with Gasteiger partial charge in [0.1, 0.15) is 0 Å². The van der Waals surface area contributed by atoms with Crippen LogP contribution < -0.4 is 0 Å². The van der Waals surface area contributed by atoms with Gasteiger partial charge in [0.05, 0.1) is 11.1 Å². The van der Waals surface area contributed by atoms with E-state index in [4.69, 9.17) is 0 Å². The highest BCUT2D eigenvalue weighted by Crippen LogP contribution is 2.15. The van der Waals surface area contributed by atoms with Crippen LogP contribution in [0.2, 0.25) is 0 Å². The third kappa shape index (κ3) is 1.86. The van der Waals surface area contributed by atoms with Crippen LogP contribution in [-0.2, 0) is 14.8 Å². The largest absolute Gasteiger partial charge is 0.378 e. The molecule has 5 nitrogen and oxygen atoms in total.